The maximum Gasteiger partial charge on any atom is 0.141 e. The summed E-state index contributed by atoms with van der Waals surface area (Å²) in [6.07, 6.45) is 0. The van der Waals surface area contributed by atoms with Gasteiger partial charge >= 0.3 is 0 Å². The second-order valence-electron chi connectivity index (χ2n) is 4.71. The molecule has 0 aliphatic carbocycles. The molecule has 2 aromatic carbocycles. The molecule has 0 spiro atoms. The Hall–Kier alpha value is -1.38. The van der Waals surface area contributed by atoms with E-state index in [4.69, 9.17) is 11.6 Å². The highest BCUT2D eigenvalue weighted by Crippen LogP contribution is 2.19. The van der Waals surface area contributed by atoms with Crippen molar-refractivity contribution in [1.82, 2.24) is 5.32 Å². The maximum atomic E-state index is 13.1. The fourth-order valence-electron chi connectivity index (χ4n) is 2.10. The molecule has 0 amide bonds. The lowest BCUT2D eigenvalue weighted by Crippen LogP contribution is -2.18. The highest BCUT2D eigenvalue weighted by molar-refractivity contribution is 6.30. The van der Waals surface area contributed by atoms with Gasteiger partial charge in [-0.15, -0.1) is 0 Å². The third-order valence-corrected chi connectivity index (χ3v) is 3.54. The predicted molar refractivity (Wildman–Crippen MR) is 77.8 cm³/mol. The van der Waals surface area contributed by atoms with Crippen LogP contribution in [0.2, 0.25) is 5.02 Å². The van der Waals surface area contributed by atoms with Crippen LogP contribution in [0.25, 0.3) is 0 Å². The van der Waals surface area contributed by atoms with E-state index in [9.17, 15) is 4.39 Å². The standard InChI is InChI=1S/C16H17ClFN/c1-11-5-3-4-6-14(11)12(2)19-10-13-7-8-16(18)15(17)9-13/h3-9,12,19H,10H2,1-2H3/t12-/m1/s1. The molecule has 19 heavy (non-hydrogen) atoms. The molecule has 1 atom stereocenters. The zero-order valence-electron chi connectivity index (χ0n) is 11.1. The van der Waals surface area contributed by atoms with Crippen molar-refractivity contribution in [3.8, 4) is 0 Å². The summed E-state index contributed by atoms with van der Waals surface area (Å²) in [6.45, 7) is 4.88. The Bertz CT molecular complexity index is 568. The second-order valence-corrected chi connectivity index (χ2v) is 5.11. The van der Waals surface area contributed by atoms with Gasteiger partial charge in [0.1, 0.15) is 5.82 Å². The van der Waals surface area contributed by atoms with Crippen LogP contribution in [0, 0.1) is 12.7 Å². The first-order valence-corrected chi connectivity index (χ1v) is 6.68. The lowest BCUT2D eigenvalue weighted by molar-refractivity contribution is 0.570. The summed E-state index contributed by atoms with van der Waals surface area (Å²) in [5, 5.41) is 3.59. The minimum Gasteiger partial charge on any atom is -0.306 e. The van der Waals surface area contributed by atoms with Gasteiger partial charge in [0.25, 0.3) is 0 Å². The summed E-state index contributed by atoms with van der Waals surface area (Å²) >= 11 is 5.77. The first kappa shape index (κ1) is 14.0. The van der Waals surface area contributed by atoms with Crippen LogP contribution >= 0.6 is 11.6 Å². The summed E-state index contributed by atoms with van der Waals surface area (Å²) in [6, 6.07) is 13.3. The Kier molecular flexibility index (Phi) is 4.56. The van der Waals surface area contributed by atoms with Gasteiger partial charge in [0.05, 0.1) is 5.02 Å². The third kappa shape index (κ3) is 3.55. The van der Waals surface area contributed by atoms with Crippen LogP contribution in [0.15, 0.2) is 42.5 Å². The average molecular weight is 278 g/mol. The van der Waals surface area contributed by atoms with Crippen LogP contribution in [-0.4, -0.2) is 0 Å². The minimum absolute atomic E-state index is 0.169. The van der Waals surface area contributed by atoms with Crippen LogP contribution in [0.4, 0.5) is 4.39 Å². The van der Waals surface area contributed by atoms with E-state index in [0.29, 0.717) is 6.54 Å². The van der Waals surface area contributed by atoms with Crippen LogP contribution in [-0.2, 0) is 6.54 Å². The topological polar surface area (TPSA) is 12.0 Å². The third-order valence-electron chi connectivity index (χ3n) is 3.25. The van der Waals surface area contributed by atoms with Crippen molar-refractivity contribution < 1.29 is 4.39 Å². The van der Waals surface area contributed by atoms with Crippen molar-refractivity contribution in [2.75, 3.05) is 0 Å². The lowest BCUT2D eigenvalue weighted by atomic mass is 10.0. The van der Waals surface area contributed by atoms with E-state index in [1.165, 1.54) is 17.2 Å². The molecule has 0 aromatic heterocycles. The second kappa shape index (κ2) is 6.18. The van der Waals surface area contributed by atoms with E-state index < -0.39 is 0 Å². The van der Waals surface area contributed by atoms with Crippen molar-refractivity contribution in [2.24, 2.45) is 0 Å². The van der Waals surface area contributed by atoms with Crippen LogP contribution in [0.3, 0.4) is 0 Å². The van der Waals surface area contributed by atoms with E-state index in [1.54, 1.807) is 12.1 Å². The number of hydrogen-bond donors (Lipinski definition) is 1. The molecule has 1 N–H and O–H groups in total. The lowest BCUT2D eigenvalue weighted by Gasteiger charge is -2.16. The highest BCUT2D eigenvalue weighted by atomic mass is 35.5. The summed E-state index contributed by atoms with van der Waals surface area (Å²) in [5.74, 6) is -0.377. The first-order chi connectivity index (χ1) is 9.08. The maximum absolute atomic E-state index is 13.1. The van der Waals surface area contributed by atoms with Gasteiger partial charge in [-0.1, -0.05) is 41.9 Å². The fraction of sp³-hybridized carbons (Fsp3) is 0.250. The molecule has 0 bridgehead atoms. The van der Waals surface area contributed by atoms with E-state index in [2.05, 4.69) is 31.3 Å². The van der Waals surface area contributed by atoms with E-state index in [0.717, 1.165) is 5.56 Å². The van der Waals surface area contributed by atoms with Gasteiger partial charge in [-0.05, 0) is 42.7 Å². The van der Waals surface area contributed by atoms with E-state index in [-0.39, 0.29) is 16.9 Å². The van der Waals surface area contributed by atoms with Crippen molar-refractivity contribution in [1.29, 1.82) is 0 Å². The van der Waals surface area contributed by atoms with E-state index >= 15 is 0 Å². The predicted octanol–water partition coefficient (Wildman–Crippen LogP) is 4.64. The molecule has 2 aromatic rings. The molecule has 1 nitrogen and oxygen atoms in total. The molecule has 0 aliphatic rings. The first-order valence-electron chi connectivity index (χ1n) is 6.31. The number of aryl methyl sites for hydroxylation is 1. The Morgan fingerprint density at radius 2 is 1.95 bits per heavy atom. The number of hydrogen-bond acceptors (Lipinski definition) is 1. The van der Waals surface area contributed by atoms with E-state index in [1.807, 2.05) is 12.1 Å². The zero-order valence-corrected chi connectivity index (χ0v) is 11.8. The molecule has 0 heterocycles. The van der Waals surface area contributed by atoms with Gasteiger partial charge in [0.15, 0.2) is 0 Å². The molecule has 0 saturated heterocycles. The van der Waals surface area contributed by atoms with Gasteiger partial charge in [0, 0.05) is 12.6 Å². The normalized spacial score (nSPS) is 12.4. The fourth-order valence-corrected chi connectivity index (χ4v) is 2.31. The molecular formula is C16H17ClFN. The van der Waals surface area contributed by atoms with Crippen molar-refractivity contribution in [3.05, 3.63) is 70.0 Å². The molecule has 100 valence electrons. The van der Waals surface area contributed by atoms with Crippen molar-refractivity contribution in [2.45, 2.75) is 26.4 Å². The Balaban J connectivity index is 2.02. The molecule has 0 fully saturated rings. The van der Waals surface area contributed by atoms with Gasteiger partial charge in [0.2, 0.25) is 0 Å². The summed E-state index contributed by atoms with van der Waals surface area (Å²) < 4.78 is 13.1. The number of benzene rings is 2. The van der Waals surface area contributed by atoms with Crippen LogP contribution in [0.1, 0.15) is 29.7 Å². The zero-order chi connectivity index (χ0) is 13.8. The largest absolute Gasteiger partial charge is 0.306 e. The van der Waals surface area contributed by atoms with Crippen LogP contribution in [0.5, 0.6) is 0 Å². The van der Waals surface area contributed by atoms with Gasteiger partial charge in [-0.25, -0.2) is 4.39 Å². The Morgan fingerprint density at radius 1 is 1.21 bits per heavy atom. The quantitative estimate of drug-likeness (QED) is 0.858. The Morgan fingerprint density at radius 3 is 2.63 bits per heavy atom. The van der Waals surface area contributed by atoms with Crippen molar-refractivity contribution >= 4 is 11.6 Å². The van der Waals surface area contributed by atoms with Gasteiger partial charge < -0.3 is 5.32 Å². The molecule has 0 saturated carbocycles. The SMILES string of the molecule is Cc1ccccc1[C@@H](C)NCc1ccc(F)c(Cl)c1. The number of halogens is 2. The molecular weight excluding hydrogens is 261 g/mol. The smallest absolute Gasteiger partial charge is 0.141 e. The summed E-state index contributed by atoms with van der Waals surface area (Å²) in [5.41, 5.74) is 3.52. The number of rotatable bonds is 4. The average Bonchev–Trinajstić information content (AvgIpc) is 2.40. The van der Waals surface area contributed by atoms with Crippen LogP contribution < -0.4 is 5.32 Å². The van der Waals surface area contributed by atoms with Gasteiger partial charge in [-0.3, -0.25) is 0 Å². The molecule has 2 rings (SSSR count). The molecule has 0 unspecified atom stereocenters. The Labute approximate surface area is 118 Å². The monoisotopic (exact) mass is 277 g/mol. The van der Waals surface area contributed by atoms with Crippen molar-refractivity contribution in [3.63, 3.8) is 0 Å². The molecule has 3 heteroatoms. The molecule has 0 aliphatic heterocycles. The molecule has 0 radical (unpaired) electrons. The highest BCUT2D eigenvalue weighted by Gasteiger charge is 2.07. The van der Waals surface area contributed by atoms with Gasteiger partial charge in [-0.2, -0.15) is 0 Å². The summed E-state index contributed by atoms with van der Waals surface area (Å²) in [4.78, 5) is 0. The number of nitrogens with one attached hydrogen (secondary N) is 1. The summed E-state index contributed by atoms with van der Waals surface area (Å²) in [7, 11) is 0. The minimum atomic E-state index is -0.377.